The van der Waals surface area contributed by atoms with Gasteiger partial charge in [0.05, 0.1) is 12.2 Å². The summed E-state index contributed by atoms with van der Waals surface area (Å²) in [7, 11) is 0. The number of tetrazole rings is 1. The molecule has 32 heavy (non-hydrogen) atoms. The van der Waals surface area contributed by atoms with Crippen LogP contribution in [-0.4, -0.2) is 32.8 Å². The first-order valence-corrected chi connectivity index (χ1v) is 10.8. The zero-order valence-electron chi connectivity index (χ0n) is 17.9. The van der Waals surface area contributed by atoms with Crippen molar-refractivity contribution in [3.63, 3.8) is 0 Å². The Kier molecular flexibility index (Phi) is 6.70. The van der Waals surface area contributed by atoms with Gasteiger partial charge in [0, 0.05) is 10.7 Å². The number of nitrogens with one attached hydrogen (secondary N) is 1. The van der Waals surface area contributed by atoms with Gasteiger partial charge in [0.1, 0.15) is 18.4 Å². The fourth-order valence-electron chi connectivity index (χ4n) is 3.47. The van der Waals surface area contributed by atoms with Gasteiger partial charge < -0.3 is 14.8 Å². The summed E-state index contributed by atoms with van der Waals surface area (Å²) < 4.78 is 13.0. The molecule has 0 fully saturated rings. The number of rotatable bonds is 8. The van der Waals surface area contributed by atoms with Crippen LogP contribution < -0.4 is 10.1 Å². The number of aromatic nitrogens is 4. The van der Waals surface area contributed by atoms with E-state index in [-0.39, 0.29) is 5.97 Å². The molecule has 1 aliphatic rings. The van der Waals surface area contributed by atoms with Gasteiger partial charge in [0.2, 0.25) is 5.95 Å². The monoisotopic (exact) mass is 453 g/mol. The van der Waals surface area contributed by atoms with Crippen LogP contribution in [0.25, 0.3) is 0 Å². The molecule has 0 bridgehead atoms. The number of ether oxygens (including phenoxy) is 2. The minimum absolute atomic E-state index is 0.374. The van der Waals surface area contributed by atoms with Crippen molar-refractivity contribution in [1.29, 1.82) is 0 Å². The van der Waals surface area contributed by atoms with Crippen LogP contribution in [0.2, 0.25) is 5.02 Å². The minimum atomic E-state index is -0.499. The number of esters is 1. The number of benzene rings is 2. The predicted molar refractivity (Wildman–Crippen MR) is 120 cm³/mol. The fraction of sp³-hybridized carbons (Fsp3) is 0.304. The summed E-state index contributed by atoms with van der Waals surface area (Å²) in [5, 5.41) is 15.6. The van der Waals surface area contributed by atoms with E-state index in [2.05, 4.69) is 20.8 Å². The average Bonchev–Trinajstić information content (AvgIpc) is 3.26. The van der Waals surface area contributed by atoms with Crippen molar-refractivity contribution >= 4 is 23.5 Å². The Morgan fingerprint density at radius 1 is 1.16 bits per heavy atom. The van der Waals surface area contributed by atoms with E-state index in [0.29, 0.717) is 41.2 Å². The second-order valence-electron chi connectivity index (χ2n) is 7.49. The Hall–Kier alpha value is -3.39. The number of fused-ring (bicyclic) bond motifs is 1. The Balaban J connectivity index is 1.55. The van der Waals surface area contributed by atoms with Crippen molar-refractivity contribution in [2.24, 2.45) is 0 Å². The van der Waals surface area contributed by atoms with Crippen molar-refractivity contribution < 1.29 is 14.3 Å². The number of carbonyl (C=O) groups is 1. The molecule has 2 aromatic carbocycles. The van der Waals surface area contributed by atoms with Gasteiger partial charge >= 0.3 is 5.97 Å². The van der Waals surface area contributed by atoms with E-state index in [4.69, 9.17) is 21.1 Å². The first-order valence-electron chi connectivity index (χ1n) is 10.5. The predicted octanol–water partition coefficient (Wildman–Crippen LogP) is 4.54. The van der Waals surface area contributed by atoms with E-state index in [1.165, 1.54) is 0 Å². The van der Waals surface area contributed by atoms with Gasteiger partial charge in [0.15, 0.2) is 0 Å². The number of allylic oxidation sites excluding steroid dienone is 1. The maximum absolute atomic E-state index is 12.9. The third kappa shape index (κ3) is 4.75. The Morgan fingerprint density at radius 2 is 1.91 bits per heavy atom. The standard InChI is InChI=1S/C23H24ClN5O3/c1-3-4-13-31-22(30)20-15(2)25-23-26-27-28-29(23)21(20)17-7-11-19(12-8-17)32-14-16-5-9-18(24)10-6-16/h5-12,21H,3-4,13-14H2,1-2H3,(H,25,26,28). The van der Waals surface area contributed by atoms with E-state index < -0.39 is 6.04 Å². The maximum atomic E-state index is 12.9. The van der Waals surface area contributed by atoms with Gasteiger partial charge in [-0.2, -0.15) is 4.68 Å². The largest absolute Gasteiger partial charge is 0.489 e. The maximum Gasteiger partial charge on any atom is 0.338 e. The highest BCUT2D eigenvalue weighted by Crippen LogP contribution is 2.35. The summed E-state index contributed by atoms with van der Waals surface area (Å²) in [4.78, 5) is 12.9. The molecule has 9 heteroatoms. The molecule has 2 heterocycles. The van der Waals surface area contributed by atoms with Crippen molar-refractivity contribution in [3.05, 3.63) is 76.0 Å². The third-order valence-electron chi connectivity index (χ3n) is 5.18. The summed E-state index contributed by atoms with van der Waals surface area (Å²) in [6, 6.07) is 14.6. The molecule has 3 aromatic rings. The third-order valence-corrected chi connectivity index (χ3v) is 5.43. The zero-order valence-corrected chi connectivity index (χ0v) is 18.7. The number of anilines is 1. The van der Waals surface area contributed by atoms with Crippen molar-refractivity contribution in [3.8, 4) is 5.75 Å². The molecule has 0 saturated carbocycles. The summed E-state index contributed by atoms with van der Waals surface area (Å²) >= 11 is 5.93. The average molecular weight is 454 g/mol. The van der Waals surface area contributed by atoms with Crippen molar-refractivity contribution in [2.75, 3.05) is 11.9 Å². The van der Waals surface area contributed by atoms with Gasteiger partial charge in [-0.05, 0) is 59.2 Å². The summed E-state index contributed by atoms with van der Waals surface area (Å²) in [6.07, 6.45) is 1.76. The van der Waals surface area contributed by atoms with Gasteiger partial charge in [-0.3, -0.25) is 0 Å². The summed E-state index contributed by atoms with van der Waals surface area (Å²) in [5.41, 5.74) is 3.02. The Labute approximate surface area is 191 Å². The molecule has 0 aliphatic carbocycles. The number of halogens is 1. The van der Waals surface area contributed by atoms with Gasteiger partial charge in [0.25, 0.3) is 0 Å². The van der Waals surface area contributed by atoms with Gasteiger partial charge in [-0.25, -0.2) is 4.79 Å². The number of nitrogens with zero attached hydrogens (tertiary/aromatic N) is 4. The molecular formula is C23H24ClN5O3. The van der Waals surface area contributed by atoms with E-state index in [0.717, 1.165) is 24.0 Å². The number of hydrogen-bond acceptors (Lipinski definition) is 7. The number of hydrogen-bond donors (Lipinski definition) is 1. The number of unbranched alkanes of at least 4 members (excludes halogenated alkanes) is 1. The molecule has 1 atom stereocenters. The SMILES string of the molecule is CCCCOC(=O)C1=C(C)Nc2nnnn2C1c1ccc(OCc2ccc(Cl)cc2)cc1. The summed E-state index contributed by atoms with van der Waals surface area (Å²) in [5.74, 6) is 0.806. The second kappa shape index (κ2) is 9.82. The molecule has 4 rings (SSSR count). The van der Waals surface area contributed by atoms with Crippen molar-refractivity contribution in [2.45, 2.75) is 39.3 Å². The van der Waals surface area contributed by atoms with Crippen LogP contribution in [0.1, 0.15) is 43.9 Å². The van der Waals surface area contributed by atoms with Gasteiger partial charge in [-0.15, -0.1) is 0 Å². The molecule has 1 aromatic heterocycles. The van der Waals surface area contributed by atoms with Crippen LogP contribution in [-0.2, 0) is 16.1 Å². The van der Waals surface area contributed by atoms with E-state index >= 15 is 0 Å². The molecule has 0 saturated heterocycles. The van der Waals surface area contributed by atoms with E-state index in [1.807, 2.05) is 62.4 Å². The Morgan fingerprint density at radius 3 is 2.62 bits per heavy atom. The smallest absolute Gasteiger partial charge is 0.338 e. The van der Waals surface area contributed by atoms with Crippen LogP contribution in [0.15, 0.2) is 59.8 Å². The highest BCUT2D eigenvalue weighted by atomic mass is 35.5. The lowest BCUT2D eigenvalue weighted by Gasteiger charge is -2.27. The van der Waals surface area contributed by atoms with Crippen LogP contribution in [0, 0.1) is 0 Å². The minimum Gasteiger partial charge on any atom is -0.489 e. The second-order valence-corrected chi connectivity index (χ2v) is 7.92. The zero-order chi connectivity index (χ0) is 22.5. The molecule has 166 valence electrons. The fourth-order valence-corrected chi connectivity index (χ4v) is 3.59. The highest BCUT2D eigenvalue weighted by Gasteiger charge is 2.34. The van der Waals surface area contributed by atoms with Gasteiger partial charge in [-0.1, -0.05) is 54.3 Å². The molecule has 1 N–H and O–H groups in total. The molecule has 0 radical (unpaired) electrons. The lowest BCUT2D eigenvalue weighted by atomic mass is 9.96. The normalized spacial score (nSPS) is 15.2. The van der Waals surface area contributed by atoms with Crippen LogP contribution in [0.4, 0.5) is 5.95 Å². The first kappa shape index (κ1) is 21.8. The lowest BCUT2D eigenvalue weighted by Crippen LogP contribution is -2.29. The van der Waals surface area contributed by atoms with E-state index in [1.54, 1.807) is 4.68 Å². The van der Waals surface area contributed by atoms with E-state index in [9.17, 15) is 4.79 Å². The van der Waals surface area contributed by atoms with Crippen molar-refractivity contribution in [1.82, 2.24) is 20.2 Å². The molecule has 1 unspecified atom stereocenters. The first-order chi connectivity index (χ1) is 15.6. The molecular weight excluding hydrogens is 430 g/mol. The summed E-state index contributed by atoms with van der Waals surface area (Å²) in [6.45, 7) is 4.67. The van der Waals surface area contributed by atoms with Crippen LogP contribution in [0.5, 0.6) is 5.75 Å². The lowest BCUT2D eigenvalue weighted by molar-refractivity contribution is -0.139. The molecule has 1 aliphatic heterocycles. The Bertz CT molecular complexity index is 1110. The topological polar surface area (TPSA) is 91.2 Å². The quantitative estimate of drug-likeness (QED) is 0.395. The van der Waals surface area contributed by atoms with Crippen LogP contribution in [0.3, 0.4) is 0 Å². The molecule has 8 nitrogen and oxygen atoms in total. The highest BCUT2D eigenvalue weighted by molar-refractivity contribution is 6.30. The number of carbonyl (C=O) groups excluding carboxylic acids is 1. The van der Waals surface area contributed by atoms with Crippen LogP contribution >= 0.6 is 11.6 Å². The molecule has 0 amide bonds. The molecule has 0 spiro atoms.